The third-order valence-electron chi connectivity index (χ3n) is 4.17. The van der Waals surface area contributed by atoms with E-state index in [0.29, 0.717) is 13.1 Å². The van der Waals surface area contributed by atoms with E-state index in [2.05, 4.69) is 29.7 Å². The first-order chi connectivity index (χ1) is 10.9. The number of amides is 3. The molecule has 1 aliphatic rings. The maximum atomic E-state index is 12.2. The summed E-state index contributed by atoms with van der Waals surface area (Å²) in [6, 6.07) is 7.99. The van der Waals surface area contributed by atoms with E-state index in [1.54, 1.807) is 4.90 Å². The van der Waals surface area contributed by atoms with Gasteiger partial charge >= 0.3 is 6.03 Å². The Balaban J connectivity index is 1.81. The van der Waals surface area contributed by atoms with Gasteiger partial charge in [0.2, 0.25) is 5.91 Å². The maximum absolute atomic E-state index is 12.2. The monoisotopic (exact) mass is 317 g/mol. The third kappa shape index (κ3) is 4.98. The summed E-state index contributed by atoms with van der Waals surface area (Å²) >= 11 is 0. The molecule has 0 unspecified atom stereocenters. The van der Waals surface area contributed by atoms with Gasteiger partial charge < -0.3 is 15.5 Å². The first kappa shape index (κ1) is 17.3. The van der Waals surface area contributed by atoms with E-state index in [1.807, 2.05) is 26.0 Å². The van der Waals surface area contributed by atoms with Crippen molar-refractivity contribution in [2.24, 2.45) is 0 Å². The number of nitrogens with zero attached hydrogens (tertiary/aromatic N) is 1. The molecule has 2 N–H and O–H groups in total. The normalized spacial score (nSPS) is 14.1. The van der Waals surface area contributed by atoms with Gasteiger partial charge in [0.25, 0.3) is 0 Å². The van der Waals surface area contributed by atoms with Crippen molar-refractivity contribution in [3.8, 4) is 0 Å². The summed E-state index contributed by atoms with van der Waals surface area (Å²) in [6.45, 7) is 7.39. The Morgan fingerprint density at radius 1 is 1.22 bits per heavy atom. The summed E-state index contributed by atoms with van der Waals surface area (Å²) in [5, 5.41) is 5.68. The van der Waals surface area contributed by atoms with Crippen LogP contribution in [0, 0.1) is 0 Å². The van der Waals surface area contributed by atoms with Crippen LogP contribution in [0.25, 0.3) is 0 Å². The Morgan fingerprint density at radius 2 is 1.91 bits per heavy atom. The lowest BCUT2D eigenvalue weighted by atomic mass is 9.99. The molecule has 0 saturated carbocycles. The van der Waals surface area contributed by atoms with Crippen LogP contribution in [0.4, 0.5) is 4.79 Å². The lowest BCUT2D eigenvalue weighted by Crippen LogP contribution is -2.50. The predicted molar refractivity (Wildman–Crippen MR) is 91.1 cm³/mol. The molecule has 5 heteroatoms. The second kappa shape index (κ2) is 7.49. The fourth-order valence-electron chi connectivity index (χ4n) is 3.05. The highest BCUT2D eigenvalue weighted by atomic mass is 16.2. The van der Waals surface area contributed by atoms with E-state index < -0.39 is 0 Å². The average molecular weight is 317 g/mol. The molecule has 0 bridgehead atoms. The van der Waals surface area contributed by atoms with Crippen molar-refractivity contribution in [1.82, 2.24) is 15.5 Å². The van der Waals surface area contributed by atoms with Crippen molar-refractivity contribution in [3.05, 3.63) is 35.4 Å². The summed E-state index contributed by atoms with van der Waals surface area (Å²) in [5.41, 5.74) is 2.25. The number of fused-ring (bicyclic) bond motifs is 1. The van der Waals surface area contributed by atoms with Gasteiger partial charge in [-0.15, -0.1) is 0 Å². The summed E-state index contributed by atoms with van der Waals surface area (Å²) in [6.07, 6.45) is 2.78. The fraction of sp³-hybridized carbons (Fsp3) is 0.556. The molecule has 0 saturated heterocycles. The molecular weight excluding hydrogens is 290 g/mol. The number of hydrogen-bond acceptors (Lipinski definition) is 2. The molecular formula is C18H27N3O2. The predicted octanol–water partition coefficient (Wildman–Crippen LogP) is 2.45. The van der Waals surface area contributed by atoms with E-state index in [-0.39, 0.29) is 24.0 Å². The number of nitrogens with one attached hydrogen (secondary N) is 2. The van der Waals surface area contributed by atoms with Crippen molar-refractivity contribution in [2.45, 2.75) is 52.1 Å². The smallest absolute Gasteiger partial charge is 0.318 e. The Labute approximate surface area is 138 Å². The molecule has 126 valence electrons. The lowest BCUT2D eigenvalue weighted by Gasteiger charge is -2.29. The molecule has 1 aromatic rings. The van der Waals surface area contributed by atoms with Crippen LogP contribution in [0.5, 0.6) is 0 Å². The summed E-state index contributed by atoms with van der Waals surface area (Å²) in [4.78, 5) is 26.0. The largest absolute Gasteiger partial charge is 0.350 e. The molecule has 0 spiro atoms. The first-order valence-corrected chi connectivity index (χ1v) is 8.32. The van der Waals surface area contributed by atoms with Crippen molar-refractivity contribution >= 4 is 11.9 Å². The van der Waals surface area contributed by atoms with Crippen LogP contribution in [0.15, 0.2) is 24.3 Å². The van der Waals surface area contributed by atoms with Gasteiger partial charge in [0.1, 0.15) is 0 Å². The van der Waals surface area contributed by atoms with Crippen LogP contribution in [0.2, 0.25) is 0 Å². The van der Waals surface area contributed by atoms with Crippen LogP contribution < -0.4 is 10.6 Å². The SMILES string of the molecule is CCCC(C)(C)NC(=O)CNC(=O)N1CCc2ccccc2C1. The third-order valence-corrected chi connectivity index (χ3v) is 4.17. The van der Waals surface area contributed by atoms with Gasteiger partial charge in [0.05, 0.1) is 6.54 Å². The molecule has 23 heavy (non-hydrogen) atoms. The number of benzene rings is 1. The van der Waals surface area contributed by atoms with Gasteiger partial charge in [-0.05, 0) is 37.8 Å². The molecule has 0 aromatic heterocycles. The van der Waals surface area contributed by atoms with Crippen LogP contribution in [0.1, 0.15) is 44.7 Å². The van der Waals surface area contributed by atoms with E-state index >= 15 is 0 Å². The molecule has 1 aliphatic heterocycles. The summed E-state index contributed by atoms with van der Waals surface area (Å²) in [7, 11) is 0. The van der Waals surface area contributed by atoms with E-state index in [0.717, 1.165) is 19.3 Å². The second-order valence-electron chi connectivity index (χ2n) is 6.78. The number of carbonyl (C=O) groups excluding carboxylic acids is 2. The number of urea groups is 1. The number of hydrogen-bond donors (Lipinski definition) is 2. The van der Waals surface area contributed by atoms with Gasteiger partial charge in [-0.25, -0.2) is 4.79 Å². The minimum atomic E-state index is -0.235. The number of carbonyl (C=O) groups is 2. The summed E-state index contributed by atoms with van der Waals surface area (Å²) in [5.74, 6) is -0.144. The second-order valence-corrected chi connectivity index (χ2v) is 6.78. The fourth-order valence-corrected chi connectivity index (χ4v) is 3.05. The first-order valence-electron chi connectivity index (χ1n) is 8.32. The van der Waals surface area contributed by atoms with E-state index in [1.165, 1.54) is 11.1 Å². The van der Waals surface area contributed by atoms with Crippen molar-refractivity contribution in [3.63, 3.8) is 0 Å². The van der Waals surface area contributed by atoms with Crippen molar-refractivity contribution < 1.29 is 9.59 Å². The van der Waals surface area contributed by atoms with Gasteiger partial charge in [0.15, 0.2) is 0 Å². The minimum absolute atomic E-state index is 0.0180. The van der Waals surface area contributed by atoms with Gasteiger partial charge in [0, 0.05) is 18.6 Å². The maximum Gasteiger partial charge on any atom is 0.318 e. The van der Waals surface area contributed by atoms with Crippen molar-refractivity contribution in [2.75, 3.05) is 13.1 Å². The zero-order valence-corrected chi connectivity index (χ0v) is 14.3. The van der Waals surface area contributed by atoms with Gasteiger partial charge in [-0.1, -0.05) is 37.6 Å². The molecule has 2 rings (SSSR count). The Bertz CT molecular complexity index is 569. The highest BCUT2D eigenvalue weighted by molar-refractivity contribution is 5.84. The van der Waals surface area contributed by atoms with Gasteiger partial charge in [-0.3, -0.25) is 4.79 Å². The molecule has 0 radical (unpaired) electrons. The molecule has 0 atom stereocenters. The molecule has 1 heterocycles. The Hall–Kier alpha value is -2.04. The Morgan fingerprint density at radius 3 is 2.61 bits per heavy atom. The molecule has 0 aliphatic carbocycles. The van der Waals surface area contributed by atoms with Crippen LogP contribution in [-0.4, -0.2) is 35.5 Å². The Kier molecular flexibility index (Phi) is 5.64. The topological polar surface area (TPSA) is 61.4 Å². The summed E-state index contributed by atoms with van der Waals surface area (Å²) < 4.78 is 0. The van der Waals surface area contributed by atoms with Gasteiger partial charge in [-0.2, -0.15) is 0 Å². The van der Waals surface area contributed by atoms with E-state index in [9.17, 15) is 9.59 Å². The minimum Gasteiger partial charge on any atom is -0.350 e. The lowest BCUT2D eigenvalue weighted by molar-refractivity contribution is -0.121. The highest BCUT2D eigenvalue weighted by Crippen LogP contribution is 2.18. The zero-order chi connectivity index (χ0) is 16.9. The van der Waals surface area contributed by atoms with Crippen molar-refractivity contribution in [1.29, 1.82) is 0 Å². The quantitative estimate of drug-likeness (QED) is 0.876. The molecule has 3 amide bonds. The van der Waals surface area contributed by atoms with Crippen LogP contribution in [0.3, 0.4) is 0 Å². The highest BCUT2D eigenvalue weighted by Gasteiger charge is 2.22. The standard InChI is InChI=1S/C18H27N3O2/c1-4-10-18(2,3)20-16(22)12-19-17(23)21-11-9-14-7-5-6-8-15(14)13-21/h5-8H,4,9-13H2,1-3H3,(H,19,23)(H,20,22). The molecule has 1 aromatic carbocycles. The number of rotatable bonds is 5. The van der Waals surface area contributed by atoms with E-state index in [4.69, 9.17) is 0 Å². The molecule has 5 nitrogen and oxygen atoms in total. The van der Waals surface area contributed by atoms with Crippen LogP contribution in [-0.2, 0) is 17.8 Å². The van der Waals surface area contributed by atoms with Crippen LogP contribution >= 0.6 is 0 Å². The molecule has 0 fully saturated rings. The average Bonchev–Trinajstić information content (AvgIpc) is 2.51. The zero-order valence-electron chi connectivity index (χ0n) is 14.3.